The molecule has 0 bridgehead atoms. The molecule has 11 nitrogen and oxygen atoms in total. The predicted octanol–water partition coefficient (Wildman–Crippen LogP) is 1.38. The molecular weight excluding hydrogens is 633 g/mol. The van der Waals surface area contributed by atoms with Crippen molar-refractivity contribution in [2.75, 3.05) is 59.7 Å². The van der Waals surface area contributed by atoms with Crippen molar-refractivity contribution in [2.45, 2.75) is 50.9 Å². The summed E-state index contributed by atoms with van der Waals surface area (Å²) in [5.74, 6) is 0.150. The van der Waals surface area contributed by atoms with Gasteiger partial charge in [-0.15, -0.1) is 0 Å². The number of nitrogens with zero attached hydrogens (tertiary/aromatic N) is 2. The summed E-state index contributed by atoms with van der Waals surface area (Å²) in [7, 11) is 1.45. The third-order valence-corrected chi connectivity index (χ3v) is 7.88. The first-order valence-electron chi connectivity index (χ1n) is 13.7. The molecule has 0 radical (unpaired) electrons. The van der Waals surface area contributed by atoms with Gasteiger partial charge in [-0.05, 0) is 47.2 Å². The Morgan fingerprint density at radius 3 is 2.70 bits per heavy atom. The van der Waals surface area contributed by atoms with Crippen molar-refractivity contribution in [1.29, 1.82) is 0 Å². The van der Waals surface area contributed by atoms with Crippen LogP contribution in [0.4, 0.5) is 0 Å². The molecule has 1 saturated heterocycles. The maximum Gasteiger partial charge on any atom is 0.247 e. The van der Waals surface area contributed by atoms with Gasteiger partial charge in [0.1, 0.15) is 18.5 Å². The van der Waals surface area contributed by atoms with E-state index in [4.69, 9.17) is 14.2 Å². The normalized spacial score (nSPS) is 21.3. The van der Waals surface area contributed by atoms with Crippen molar-refractivity contribution in [2.24, 2.45) is 0 Å². The van der Waals surface area contributed by atoms with E-state index in [9.17, 15) is 24.6 Å². The summed E-state index contributed by atoms with van der Waals surface area (Å²) in [6.07, 6.45) is 2.18. The molecule has 3 atom stereocenters. The number of morpholine rings is 1. The fourth-order valence-electron chi connectivity index (χ4n) is 4.86. The van der Waals surface area contributed by atoms with Gasteiger partial charge in [-0.3, -0.25) is 19.3 Å². The van der Waals surface area contributed by atoms with E-state index < -0.39 is 24.2 Å². The summed E-state index contributed by atoms with van der Waals surface area (Å²) in [6, 6.07) is 2.46. The number of rotatable bonds is 14. The van der Waals surface area contributed by atoms with Crippen molar-refractivity contribution in [3.05, 3.63) is 32.9 Å². The number of aliphatic hydroxyl groups is 2. The highest BCUT2D eigenvalue weighted by Crippen LogP contribution is 2.37. The second-order valence-electron chi connectivity index (χ2n) is 9.81. The van der Waals surface area contributed by atoms with Gasteiger partial charge >= 0.3 is 0 Å². The zero-order valence-corrected chi connectivity index (χ0v) is 25.3. The molecule has 0 saturated carbocycles. The zero-order chi connectivity index (χ0) is 29.1. The third kappa shape index (κ3) is 8.62. The van der Waals surface area contributed by atoms with Gasteiger partial charge in [0, 0.05) is 56.7 Å². The van der Waals surface area contributed by atoms with Crippen LogP contribution >= 0.6 is 22.6 Å². The number of ether oxygens (including phenoxy) is 3. The summed E-state index contributed by atoms with van der Waals surface area (Å²) in [5, 5.41) is 23.5. The summed E-state index contributed by atoms with van der Waals surface area (Å²) < 4.78 is 17.8. The highest BCUT2D eigenvalue weighted by molar-refractivity contribution is 14.1. The summed E-state index contributed by atoms with van der Waals surface area (Å²) in [4.78, 5) is 41.8. The van der Waals surface area contributed by atoms with E-state index in [2.05, 4.69) is 10.2 Å². The standard InChI is InChI=1S/C28H40IN3O8/c1-3-4-5-25(35)32(8-7-31-9-12-39-13-10-31)22-16-20(28(37)30-6-11-33)17-23(26(22)36)40-27-21(29)14-19(18-34)15-24(27)38-2/h14-15,17-18,22-23,26,33,36H,3-13,16H2,1-2H3,(H,30,37)/t22-,23+,26+/m1/s1. The van der Waals surface area contributed by atoms with E-state index in [-0.39, 0.29) is 25.5 Å². The minimum atomic E-state index is -1.14. The second-order valence-corrected chi connectivity index (χ2v) is 11.0. The van der Waals surface area contributed by atoms with Crippen molar-refractivity contribution in [3.63, 3.8) is 0 Å². The molecule has 0 unspecified atom stereocenters. The molecule has 1 fully saturated rings. The first-order chi connectivity index (χ1) is 19.3. The molecule has 2 aliphatic rings. The van der Waals surface area contributed by atoms with Crippen LogP contribution < -0.4 is 14.8 Å². The van der Waals surface area contributed by atoms with E-state index in [0.29, 0.717) is 71.6 Å². The number of carbonyl (C=O) groups excluding carboxylic acids is 3. The van der Waals surface area contributed by atoms with Crippen LogP contribution in [-0.2, 0) is 14.3 Å². The summed E-state index contributed by atoms with van der Waals surface area (Å²) in [6.45, 7) is 5.66. The molecule has 1 aliphatic carbocycles. The lowest BCUT2D eigenvalue weighted by Crippen LogP contribution is -2.56. The number of aldehydes is 1. The number of nitrogens with one attached hydrogen (secondary N) is 1. The molecule has 3 N–H and O–H groups in total. The molecule has 0 spiro atoms. The Morgan fingerprint density at radius 2 is 2.05 bits per heavy atom. The van der Waals surface area contributed by atoms with Gasteiger partial charge in [0.25, 0.3) is 0 Å². The minimum absolute atomic E-state index is 0.0734. The largest absolute Gasteiger partial charge is 0.493 e. The zero-order valence-electron chi connectivity index (χ0n) is 23.1. The molecule has 1 heterocycles. The van der Waals surface area contributed by atoms with Crippen LogP contribution in [0.1, 0.15) is 43.0 Å². The number of amides is 2. The number of unbranched alkanes of at least 4 members (excludes halogenated alkanes) is 1. The van der Waals surface area contributed by atoms with E-state index >= 15 is 0 Å². The van der Waals surface area contributed by atoms with E-state index in [1.165, 1.54) is 7.11 Å². The smallest absolute Gasteiger partial charge is 0.247 e. The third-order valence-electron chi connectivity index (χ3n) is 7.08. The van der Waals surface area contributed by atoms with Gasteiger partial charge < -0.3 is 34.6 Å². The van der Waals surface area contributed by atoms with Crippen molar-refractivity contribution in [1.82, 2.24) is 15.1 Å². The molecule has 0 aromatic heterocycles. The average molecular weight is 674 g/mol. The van der Waals surface area contributed by atoms with Gasteiger partial charge in [-0.1, -0.05) is 13.3 Å². The Labute approximate surface area is 249 Å². The van der Waals surface area contributed by atoms with E-state index in [1.807, 2.05) is 29.5 Å². The molecule has 1 aliphatic heterocycles. The van der Waals surface area contributed by atoms with Crippen LogP contribution in [0, 0.1) is 3.57 Å². The van der Waals surface area contributed by atoms with Crippen molar-refractivity contribution < 1.29 is 38.8 Å². The van der Waals surface area contributed by atoms with E-state index in [0.717, 1.165) is 19.5 Å². The monoisotopic (exact) mass is 673 g/mol. The summed E-state index contributed by atoms with van der Waals surface area (Å²) >= 11 is 2.03. The van der Waals surface area contributed by atoms with Crippen molar-refractivity contribution in [3.8, 4) is 11.5 Å². The maximum atomic E-state index is 13.5. The molecule has 12 heteroatoms. The van der Waals surface area contributed by atoms with Gasteiger partial charge in [-0.25, -0.2) is 0 Å². The van der Waals surface area contributed by atoms with Crippen LogP contribution in [-0.4, -0.2) is 116 Å². The fourth-order valence-corrected chi connectivity index (χ4v) is 5.61. The number of hydrogen-bond donors (Lipinski definition) is 3. The number of carbonyl (C=O) groups is 3. The maximum absolute atomic E-state index is 13.5. The fraction of sp³-hybridized carbons (Fsp3) is 0.607. The Hall–Kier alpha value is -2.26. The molecule has 222 valence electrons. The van der Waals surface area contributed by atoms with Crippen LogP contribution in [0.25, 0.3) is 0 Å². The Morgan fingerprint density at radius 1 is 1.30 bits per heavy atom. The Kier molecular flexibility index (Phi) is 13.1. The predicted molar refractivity (Wildman–Crippen MR) is 157 cm³/mol. The number of methoxy groups -OCH3 is 1. The number of benzene rings is 1. The lowest BCUT2D eigenvalue weighted by molar-refractivity contribution is -0.139. The minimum Gasteiger partial charge on any atom is -0.493 e. The van der Waals surface area contributed by atoms with Crippen molar-refractivity contribution >= 4 is 40.7 Å². The lowest BCUT2D eigenvalue weighted by Gasteiger charge is -2.41. The van der Waals surface area contributed by atoms with Gasteiger partial charge in [-0.2, -0.15) is 0 Å². The molecule has 40 heavy (non-hydrogen) atoms. The van der Waals surface area contributed by atoms with Crippen LogP contribution in [0.3, 0.4) is 0 Å². The topological polar surface area (TPSA) is 138 Å². The van der Waals surface area contributed by atoms with E-state index in [1.54, 1.807) is 23.1 Å². The number of aliphatic hydroxyl groups excluding tert-OH is 2. The first kappa shape index (κ1) is 32.3. The van der Waals surface area contributed by atoms with Crippen LogP contribution in [0.2, 0.25) is 0 Å². The molecule has 1 aromatic carbocycles. The highest BCUT2D eigenvalue weighted by Gasteiger charge is 2.41. The molecule has 3 rings (SSSR count). The molecule has 2 amide bonds. The van der Waals surface area contributed by atoms with Crippen LogP contribution in [0.5, 0.6) is 11.5 Å². The second kappa shape index (κ2) is 16.2. The lowest BCUT2D eigenvalue weighted by atomic mass is 9.88. The number of halogens is 1. The Balaban J connectivity index is 1.95. The van der Waals surface area contributed by atoms with Gasteiger partial charge in [0.2, 0.25) is 11.8 Å². The highest BCUT2D eigenvalue weighted by atomic mass is 127. The molecular formula is C28H40IN3O8. The quantitative estimate of drug-likeness (QED) is 0.198. The Bertz CT molecular complexity index is 1050. The average Bonchev–Trinajstić information content (AvgIpc) is 2.97. The molecule has 1 aromatic rings. The first-order valence-corrected chi connectivity index (χ1v) is 14.8. The summed E-state index contributed by atoms with van der Waals surface area (Å²) in [5.41, 5.74) is 0.762. The van der Waals surface area contributed by atoms with Gasteiger partial charge in [0.05, 0.1) is 36.5 Å². The van der Waals surface area contributed by atoms with Gasteiger partial charge in [0.15, 0.2) is 11.5 Å². The number of hydrogen-bond acceptors (Lipinski definition) is 9. The van der Waals surface area contributed by atoms with Crippen LogP contribution in [0.15, 0.2) is 23.8 Å². The SMILES string of the molecule is CCCCC(=O)N(CCN1CCOCC1)[C@@H]1CC(C(=O)NCCO)=C[C@H](Oc2c(I)cc(C=O)cc2OC)[C@H]1O.